The van der Waals surface area contributed by atoms with Gasteiger partial charge in [0.2, 0.25) is 11.8 Å². The third-order valence-corrected chi connectivity index (χ3v) is 9.24. The molecule has 77 heavy (non-hydrogen) atoms. The Labute approximate surface area is 442 Å². The van der Waals surface area contributed by atoms with E-state index in [9.17, 15) is 27.6 Å². The number of nitrogens with zero attached hydrogens (tertiary/aromatic N) is 15. The Hall–Kier alpha value is -9.47. The second kappa shape index (κ2) is 30.7. The van der Waals surface area contributed by atoms with Crippen LogP contribution in [0.3, 0.4) is 0 Å². The zero-order chi connectivity index (χ0) is 57.2. The van der Waals surface area contributed by atoms with E-state index in [0.717, 1.165) is 18.4 Å². The molecule has 0 spiro atoms. The van der Waals surface area contributed by atoms with E-state index >= 15 is 0 Å². The van der Waals surface area contributed by atoms with Crippen molar-refractivity contribution >= 4 is 47.9 Å². The van der Waals surface area contributed by atoms with Crippen LogP contribution in [0.4, 0.5) is 30.6 Å². The zero-order valence-electron chi connectivity index (χ0n) is 44.2. The number of alkyl halides is 3. The number of nitrogens with two attached hydrogens (primary N) is 2. The van der Waals surface area contributed by atoms with E-state index in [4.69, 9.17) is 20.3 Å². The molecule has 0 fully saturated rings. The van der Waals surface area contributed by atoms with Gasteiger partial charge in [-0.05, 0) is 95.3 Å². The summed E-state index contributed by atoms with van der Waals surface area (Å²) in [5, 5.41) is 31.1. The molecule has 1 atom stereocenters. The predicted molar refractivity (Wildman–Crippen MR) is 284 cm³/mol. The average Bonchev–Trinajstić information content (AvgIpc) is 4.11. The number of nitrogen functional groups attached to an aromatic ring is 1. The lowest BCUT2D eigenvalue weighted by molar-refractivity contribution is -0.143. The first-order chi connectivity index (χ1) is 36.5. The molecular weight excluding hydrogens is 1010 g/mol. The minimum Gasteiger partial charge on any atom is -0.480 e. The number of ether oxygens (including phenoxy) is 2. The fourth-order valence-electron chi connectivity index (χ4n) is 5.50. The molecule has 7 aromatic heterocycles. The van der Waals surface area contributed by atoms with Gasteiger partial charge in [0.05, 0.1) is 26.6 Å². The quantitative estimate of drug-likeness (QED) is 0.0453. The van der Waals surface area contributed by atoms with E-state index in [1.165, 1.54) is 32.8 Å². The van der Waals surface area contributed by atoms with Crippen molar-refractivity contribution in [2.24, 2.45) is 15.8 Å². The van der Waals surface area contributed by atoms with Gasteiger partial charge in [0.1, 0.15) is 58.8 Å². The Morgan fingerprint density at radius 2 is 1.21 bits per heavy atom. The molecule has 410 valence electrons. The van der Waals surface area contributed by atoms with Gasteiger partial charge in [-0.2, -0.15) is 18.3 Å². The van der Waals surface area contributed by atoms with Crippen molar-refractivity contribution in [3.05, 3.63) is 121 Å². The highest BCUT2D eigenvalue weighted by Crippen LogP contribution is 2.22. The third kappa shape index (κ3) is 20.8. The highest BCUT2D eigenvalue weighted by Gasteiger charge is 2.32. The molecule has 0 radical (unpaired) electrons. The second-order valence-corrected chi connectivity index (χ2v) is 16.6. The van der Waals surface area contributed by atoms with Crippen molar-refractivity contribution in [2.45, 2.75) is 58.9 Å². The van der Waals surface area contributed by atoms with Gasteiger partial charge in [-0.1, -0.05) is 18.2 Å². The van der Waals surface area contributed by atoms with Gasteiger partial charge < -0.3 is 50.3 Å². The Bertz CT molecular complexity index is 3020. The summed E-state index contributed by atoms with van der Waals surface area (Å²) >= 11 is 0. The van der Waals surface area contributed by atoms with Gasteiger partial charge in [0.15, 0.2) is 17.5 Å². The number of methoxy groups -OCH3 is 2. The number of aliphatic imine (C=N–C) groups is 1. The van der Waals surface area contributed by atoms with E-state index in [0.29, 0.717) is 40.6 Å². The highest BCUT2D eigenvalue weighted by molar-refractivity contribution is 6.05. The van der Waals surface area contributed by atoms with Crippen molar-refractivity contribution in [2.75, 3.05) is 53.5 Å². The molecule has 7 rings (SSSR count). The van der Waals surface area contributed by atoms with E-state index in [2.05, 4.69) is 85.7 Å². The number of carboxylic acids is 1. The topological polar surface area (TPSA) is 323 Å². The van der Waals surface area contributed by atoms with Gasteiger partial charge >= 0.3 is 12.1 Å². The number of hydrogen-bond donors (Lipinski definition) is 5. The number of hydrazone groups is 1. The summed E-state index contributed by atoms with van der Waals surface area (Å²) in [5.41, 5.74) is 14.5. The molecule has 0 saturated carbocycles. The van der Waals surface area contributed by atoms with Crippen molar-refractivity contribution in [3.8, 4) is 34.8 Å². The maximum absolute atomic E-state index is 12.5. The number of amides is 2. The minimum atomic E-state index is -4.22. The number of aromatic carboxylic acids is 1. The molecule has 2 amide bonds. The number of nitrogens with one attached hydrogen (secondary N) is 2. The van der Waals surface area contributed by atoms with Crippen LogP contribution in [0.2, 0.25) is 0 Å². The lowest BCUT2D eigenvalue weighted by Gasteiger charge is -2.11. The Kier molecular flexibility index (Phi) is 24.6. The molecule has 7 aromatic rings. The summed E-state index contributed by atoms with van der Waals surface area (Å²) in [6, 6.07) is 21.0. The number of pyridine rings is 5. The van der Waals surface area contributed by atoms with Crippen molar-refractivity contribution in [1.29, 1.82) is 0 Å². The molecule has 25 nitrogen and oxygen atoms in total. The van der Waals surface area contributed by atoms with Crippen LogP contribution < -0.4 is 31.7 Å². The first-order valence-electron chi connectivity index (χ1n) is 23.0. The Morgan fingerprint density at radius 1 is 0.701 bits per heavy atom. The van der Waals surface area contributed by atoms with E-state index < -0.39 is 18.2 Å². The molecule has 0 aliphatic carbocycles. The Morgan fingerprint density at radius 3 is 1.69 bits per heavy atom. The molecule has 7 N–H and O–H groups in total. The van der Waals surface area contributed by atoms with Crippen LogP contribution in [-0.4, -0.2) is 154 Å². The normalized spacial score (nSPS) is 11.1. The first kappa shape index (κ1) is 61.8. The van der Waals surface area contributed by atoms with Gasteiger partial charge in [-0.25, -0.2) is 40.1 Å². The number of carbonyl (C=O) groups is 3. The van der Waals surface area contributed by atoms with Crippen LogP contribution in [-0.2, 0) is 0 Å². The SMILES string of the molecule is CC(C)n1cnnc1-c1cccc(N)n1.CN(C)C=Nc1cccc(C(=O)N/N=C/N(C)C)n1.COc1ncccc1C(=O)Nc1cccc(-c2nncn2C(C)C)n1.COc1ncccc1C(=O)O.C[C@H](N)C(F)(F)F. The standard InChI is InChI=1S/C17H18N6O2.C12H18N6O.C10H13N5.C7H7NO3.C3H6F3N/c1-11(2)23-10-19-22-15(23)13-7-4-8-14(20-13)21-16(24)12-6-5-9-18-17(12)25-3;1-17(2)8-13-11-7-5-6-10(15-11)12(19)16-14-9-18(3)4;1-7(2)15-6-12-14-10(15)8-4-3-5-9(11)13-8;1-11-6-5(7(9)10)3-2-4-8-6;1-2(7)3(4,5)6/h4-11H,1-3H3,(H,20,21,24);5-9H,1-4H3,(H,16,19);3-7H,1-2H3,(H2,11,13);2-4H,1H3,(H,9,10);2H,7H2,1H3/b;13-8?,14-9+;;;/t;;;;2-/m....0/s1. The molecule has 7 heterocycles. The molecule has 0 aliphatic rings. The lowest BCUT2D eigenvalue weighted by Crippen LogP contribution is -2.33. The number of carbonyl (C=O) groups excluding carboxylic acids is 2. The molecule has 0 aromatic carbocycles. The summed E-state index contributed by atoms with van der Waals surface area (Å²) in [7, 11) is 10.2. The molecular formula is C49H62F3N19O6. The van der Waals surface area contributed by atoms with Crippen molar-refractivity contribution in [3.63, 3.8) is 0 Å². The fraction of sp³-hybridized carbons (Fsp3) is 0.306. The number of anilines is 2. The first-order valence-corrected chi connectivity index (χ1v) is 23.0. The summed E-state index contributed by atoms with van der Waals surface area (Å²) in [5.74, 6) is 1.41. The maximum atomic E-state index is 12.5. The van der Waals surface area contributed by atoms with Crippen LogP contribution in [0, 0.1) is 0 Å². The summed E-state index contributed by atoms with van der Waals surface area (Å²) < 4.78 is 46.9. The van der Waals surface area contributed by atoms with E-state index in [-0.39, 0.29) is 40.9 Å². The largest absolute Gasteiger partial charge is 0.480 e. The predicted octanol–water partition coefficient (Wildman–Crippen LogP) is 6.30. The summed E-state index contributed by atoms with van der Waals surface area (Å²) in [6.07, 6.45) is 5.29. The average molecular weight is 1070 g/mol. The van der Waals surface area contributed by atoms with Crippen molar-refractivity contribution < 1.29 is 42.1 Å². The van der Waals surface area contributed by atoms with Crippen LogP contribution in [0.25, 0.3) is 23.0 Å². The van der Waals surface area contributed by atoms with Gasteiger partial charge in [-0.3, -0.25) is 9.59 Å². The van der Waals surface area contributed by atoms with Crippen LogP contribution in [0.15, 0.2) is 114 Å². The number of aromatic nitrogens is 11. The van der Waals surface area contributed by atoms with Gasteiger partial charge in [0, 0.05) is 52.7 Å². The highest BCUT2D eigenvalue weighted by atomic mass is 19.4. The van der Waals surface area contributed by atoms with Crippen molar-refractivity contribution in [1.82, 2.24) is 69.7 Å². The molecule has 0 unspecified atom stereocenters. The molecule has 28 heteroatoms. The molecule has 0 bridgehead atoms. The number of halogens is 3. The maximum Gasteiger partial charge on any atom is 0.403 e. The number of hydrogen-bond acceptors (Lipinski definition) is 18. The van der Waals surface area contributed by atoms with Crippen LogP contribution >= 0.6 is 0 Å². The number of carboxylic acid groups (broad SMARTS) is 1. The Balaban J connectivity index is 0.000000268. The molecule has 0 saturated heterocycles. The monoisotopic (exact) mass is 1070 g/mol. The van der Waals surface area contributed by atoms with Gasteiger partial charge in [-0.15, -0.1) is 20.4 Å². The summed E-state index contributed by atoms with van der Waals surface area (Å²) in [6.45, 7) is 9.11. The molecule has 0 aliphatic heterocycles. The smallest absolute Gasteiger partial charge is 0.403 e. The second-order valence-electron chi connectivity index (χ2n) is 16.6. The zero-order valence-corrected chi connectivity index (χ0v) is 44.2. The third-order valence-electron chi connectivity index (χ3n) is 9.24. The lowest BCUT2D eigenvalue weighted by atomic mass is 10.2. The number of rotatable bonds is 14. The van der Waals surface area contributed by atoms with E-state index in [1.54, 1.807) is 89.6 Å². The summed E-state index contributed by atoms with van der Waals surface area (Å²) in [4.78, 5) is 62.8. The van der Waals surface area contributed by atoms with Crippen LogP contribution in [0.5, 0.6) is 11.8 Å². The van der Waals surface area contributed by atoms with Crippen LogP contribution in [0.1, 0.15) is 77.9 Å². The van der Waals surface area contributed by atoms with E-state index in [1.807, 2.05) is 69.4 Å². The fourth-order valence-corrected chi connectivity index (χ4v) is 5.50. The minimum absolute atomic E-state index is 0.0787. The van der Waals surface area contributed by atoms with Gasteiger partial charge in [0.25, 0.3) is 11.8 Å².